The predicted molar refractivity (Wildman–Crippen MR) is 69.5 cm³/mol. The van der Waals surface area contributed by atoms with Crippen LogP contribution in [0.1, 0.15) is 22.8 Å². The molecule has 0 aromatic carbocycles. The van der Waals surface area contributed by atoms with E-state index in [1.807, 2.05) is 18.5 Å². The van der Waals surface area contributed by atoms with E-state index in [0.29, 0.717) is 0 Å². The maximum Gasteiger partial charge on any atom is 0.205 e. The molecule has 2 heterocycles. The van der Waals surface area contributed by atoms with Crippen LogP contribution in [0.3, 0.4) is 0 Å². The maximum atomic E-state index is 4.42. The highest BCUT2D eigenvalue weighted by Gasteiger charge is 2.01. The van der Waals surface area contributed by atoms with E-state index < -0.39 is 0 Å². The molecule has 1 N–H and O–H groups in total. The fourth-order valence-electron chi connectivity index (χ4n) is 1.69. The maximum absolute atomic E-state index is 4.42. The van der Waals surface area contributed by atoms with E-state index in [0.717, 1.165) is 35.3 Å². The lowest BCUT2D eigenvalue weighted by Gasteiger charge is -2.04. The van der Waals surface area contributed by atoms with Crippen LogP contribution >= 0.6 is 11.3 Å². The van der Waals surface area contributed by atoms with Gasteiger partial charge in [-0.1, -0.05) is 11.3 Å². The largest absolute Gasteiger partial charge is 0.360 e. The second-order valence-corrected chi connectivity index (χ2v) is 5.24. The minimum atomic E-state index is 0.896. The smallest absolute Gasteiger partial charge is 0.205 e. The fourth-order valence-corrected chi connectivity index (χ4v) is 2.31. The van der Waals surface area contributed by atoms with Crippen molar-refractivity contribution in [3.63, 3.8) is 0 Å². The molecule has 6 heteroatoms. The molecule has 0 saturated carbocycles. The van der Waals surface area contributed by atoms with E-state index >= 15 is 0 Å². The number of nitrogens with one attached hydrogen (secondary N) is 1. The Labute approximate surface area is 105 Å². The molecular formula is C11H17N5S. The number of rotatable bonds is 5. The summed E-state index contributed by atoms with van der Waals surface area (Å²) in [5.74, 6) is 0. The van der Waals surface area contributed by atoms with Gasteiger partial charge < -0.3 is 5.32 Å². The molecule has 0 saturated heterocycles. The summed E-state index contributed by atoms with van der Waals surface area (Å²) in [4.78, 5) is 0. The van der Waals surface area contributed by atoms with Crippen LogP contribution in [0.15, 0.2) is 6.07 Å². The van der Waals surface area contributed by atoms with Gasteiger partial charge in [0.2, 0.25) is 5.13 Å². The summed E-state index contributed by atoms with van der Waals surface area (Å²) >= 11 is 1.59. The summed E-state index contributed by atoms with van der Waals surface area (Å²) in [6, 6.07) is 2.10. The van der Waals surface area contributed by atoms with Gasteiger partial charge in [0.1, 0.15) is 5.01 Å². The second-order valence-electron chi connectivity index (χ2n) is 4.06. The molecule has 0 fully saturated rings. The van der Waals surface area contributed by atoms with Crippen molar-refractivity contribution >= 4 is 16.5 Å². The Morgan fingerprint density at radius 1 is 1.29 bits per heavy atom. The highest BCUT2D eigenvalue weighted by atomic mass is 32.1. The summed E-state index contributed by atoms with van der Waals surface area (Å²) in [7, 11) is 0. The zero-order chi connectivity index (χ0) is 12.3. The highest BCUT2D eigenvalue weighted by molar-refractivity contribution is 7.15. The lowest BCUT2D eigenvalue weighted by atomic mass is 10.4. The van der Waals surface area contributed by atoms with Crippen molar-refractivity contribution in [1.82, 2.24) is 20.0 Å². The minimum absolute atomic E-state index is 0.896. The van der Waals surface area contributed by atoms with E-state index in [1.165, 1.54) is 5.69 Å². The van der Waals surface area contributed by atoms with E-state index in [9.17, 15) is 0 Å². The Morgan fingerprint density at radius 2 is 2.12 bits per heavy atom. The lowest BCUT2D eigenvalue weighted by Crippen LogP contribution is -2.08. The Bertz CT molecular complexity index is 488. The van der Waals surface area contributed by atoms with Crippen molar-refractivity contribution in [2.24, 2.45) is 0 Å². The topological polar surface area (TPSA) is 55.6 Å². The van der Waals surface area contributed by atoms with Gasteiger partial charge >= 0.3 is 0 Å². The van der Waals surface area contributed by atoms with Crippen LogP contribution in [-0.2, 0) is 6.54 Å². The van der Waals surface area contributed by atoms with Crippen LogP contribution in [0.5, 0.6) is 0 Å². The molecule has 0 unspecified atom stereocenters. The highest BCUT2D eigenvalue weighted by Crippen LogP contribution is 2.13. The third-order valence-corrected chi connectivity index (χ3v) is 3.25. The third kappa shape index (κ3) is 3.26. The molecule has 0 aliphatic carbocycles. The summed E-state index contributed by atoms with van der Waals surface area (Å²) in [6.45, 7) is 7.89. The summed E-state index contributed by atoms with van der Waals surface area (Å²) in [6.07, 6.45) is 1.03. The molecule has 2 aromatic rings. The van der Waals surface area contributed by atoms with E-state index in [1.54, 1.807) is 11.3 Å². The predicted octanol–water partition coefficient (Wildman–Crippen LogP) is 2.16. The molecule has 0 amide bonds. The van der Waals surface area contributed by atoms with Gasteiger partial charge in [-0.2, -0.15) is 5.10 Å². The number of nitrogens with zero attached hydrogens (tertiary/aromatic N) is 4. The van der Waals surface area contributed by atoms with Gasteiger partial charge in [-0.15, -0.1) is 10.2 Å². The number of hydrogen-bond donors (Lipinski definition) is 1. The average molecular weight is 251 g/mol. The zero-order valence-electron chi connectivity index (χ0n) is 10.4. The van der Waals surface area contributed by atoms with Gasteiger partial charge in [0.05, 0.1) is 5.69 Å². The van der Waals surface area contributed by atoms with Crippen molar-refractivity contribution in [2.75, 3.05) is 11.9 Å². The summed E-state index contributed by atoms with van der Waals surface area (Å²) in [5, 5.41) is 17.6. The third-order valence-electron chi connectivity index (χ3n) is 2.45. The molecule has 17 heavy (non-hydrogen) atoms. The molecule has 92 valence electrons. The van der Waals surface area contributed by atoms with Gasteiger partial charge in [0, 0.05) is 18.8 Å². The van der Waals surface area contributed by atoms with Crippen molar-refractivity contribution in [2.45, 2.75) is 33.7 Å². The first kappa shape index (κ1) is 12.0. The Kier molecular flexibility index (Phi) is 3.73. The van der Waals surface area contributed by atoms with Crippen LogP contribution in [-0.4, -0.2) is 26.5 Å². The van der Waals surface area contributed by atoms with Gasteiger partial charge in [-0.25, -0.2) is 0 Å². The van der Waals surface area contributed by atoms with Gasteiger partial charge in [0.25, 0.3) is 0 Å². The molecular weight excluding hydrogens is 234 g/mol. The molecule has 0 bridgehead atoms. The molecule has 0 spiro atoms. The molecule has 0 aliphatic heterocycles. The van der Waals surface area contributed by atoms with Crippen LogP contribution in [0.2, 0.25) is 0 Å². The number of hydrogen-bond acceptors (Lipinski definition) is 5. The van der Waals surface area contributed by atoms with E-state index in [-0.39, 0.29) is 0 Å². The van der Waals surface area contributed by atoms with Gasteiger partial charge in [0.15, 0.2) is 0 Å². The zero-order valence-corrected chi connectivity index (χ0v) is 11.2. The monoisotopic (exact) mass is 251 g/mol. The Balaban J connectivity index is 1.75. The standard InChI is InChI=1S/C11H17N5S/c1-8-7-9(2)16(15-8)6-4-5-12-11-14-13-10(3)17-11/h7H,4-6H2,1-3H3,(H,12,14). The van der Waals surface area contributed by atoms with Crippen LogP contribution in [0.4, 0.5) is 5.13 Å². The van der Waals surface area contributed by atoms with Crippen molar-refractivity contribution in [1.29, 1.82) is 0 Å². The second kappa shape index (κ2) is 5.27. The number of anilines is 1. The fraction of sp³-hybridized carbons (Fsp3) is 0.545. The van der Waals surface area contributed by atoms with E-state index in [4.69, 9.17) is 0 Å². The first-order chi connectivity index (χ1) is 8.15. The van der Waals surface area contributed by atoms with Gasteiger partial charge in [-0.05, 0) is 33.3 Å². The van der Waals surface area contributed by atoms with Crippen LogP contribution in [0, 0.1) is 20.8 Å². The molecule has 5 nitrogen and oxygen atoms in total. The van der Waals surface area contributed by atoms with Crippen molar-refractivity contribution in [3.8, 4) is 0 Å². The number of aromatic nitrogens is 4. The van der Waals surface area contributed by atoms with Crippen LogP contribution < -0.4 is 5.32 Å². The first-order valence-corrected chi connectivity index (χ1v) is 6.52. The normalized spacial score (nSPS) is 10.8. The average Bonchev–Trinajstić information content (AvgIpc) is 2.81. The SMILES string of the molecule is Cc1cc(C)n(CCCNc2nnc(C)s2)n1. The molecule has 2 aromatic heterocycles. The quantitative estimate of drug-likeness (QED) is 0.827. The Morgan fingerprint density at radius 3 is 2.71 bits per heavy atom. The molecule has 2 rings (SSSR count). The van der Waals surface area contributed by atoms with Crippen molar-refractivity contribution in [3.05, 3.63) is 22.5 Å². The molecule has 0 radical (unpaired) electrons. The van der Waals surface area contributed by atoms with Gasteiger partial charge in [-0.3, -0.25) is 4.68 Å². The number of aryl methyl sites for hydroxylation is 4. The molecule has 0 atom stereocenters. The van der Waals surface area contributed by atoms with Crippen LogP contribution in [0.25, 0.3) is 0 Å². The lowest BCUT2D eigenvalue weighted by molar-refractivity contribution is 0.573. The summed E-state index contributed by atoms with van der Waals surface area (Å²) < 4.78 is 2.04. The Hall–Kier alpha value is -1.43. The van der Waals surface area contributed by atoms with Crippen molar-refractivity contribution < 1.29 is 0 Å². The summed E-state index contributed by atoms with van der Waals surface area (Å²) in [5.41, 5.74) is 2.30. The van der Waals surface area contributed by atoms with E-state index in [2.05, 4.69) is 33.6 Å². The first-order valence-electron chi connectivity index (χ1n) is 5.70. The minimum Gasteiger partial charge on any atom is -0.360 e. The molecule has 0 aliphatic rings.